The van der Waals surface area contributed by atoms with Gasteiger partial charge in [-0.2, -0.15) is 0 Å². The van der Waals surface area contributed by atoms with Crippen LogP contribution in [0.2, 0.25) is 0 Å². The number of nitrogens with one attached hydrogen (secondary N) is 1. The molecular formula is C17H16BrNO. The molecule has 0 saturated carbocycles. The van der Waals surface area contributed by atoms with Crippen LogP contribution in [0, 0.1) is 0 Å². The molecule has 2 nitrogen and oxygen atoms in total. The van der Waals surface area contributed by atoms with Crippen LogP contribution in [0.25, 0.3) is 0 Å². The Labute approximate surface area is 127 Å². The van der Waals surface area contributed by atoms with Crippen LogP contribution in [-0.2, 0) is 0 Å². The Balaban J connectivity index is 1.93. The molecule has 2 aromatic rings. The van der Waals surface area contributed by atoms with E-state index in [2.05, 4.69) is 40.3 Å². The quantitative estimate of drug-likeness (QED) is 0.646. The van der Waals surface area contributed by atoms with Crippen LogP contribution in [0.1, 0.15) is 28.9 Å². The monoisotopic (exact) mass is 329 g/mol. The predicted octanol–water partition coefficient (Wildman–Crippen LogP) is 4.50. The normalized spacial score (nSPS) is 12.3. The van der Waals surface area contributed by atoms with Crippen LogP contribution in [0.15, 0.2) is 71.3 Å². The average Bonchev–Trinajstić information content (AvgIpc) is 2.48. The fraction of sp³-hybridized carbons (Fsp3) is 0.118. The number of allylic oxidation sites excluding steroid dienone is 1. The van der Waals surface area contributed by atoms with E-state index in [1.165, 1.54) is 5.56 Å². The molecule has 0 bridgehead atoms. The molecule has 102 valence electrons. The van der Waals surface area contributed by atoms with Crippen LogP contribution >= 0.6 is 15.9 Å². The minimum atomic E-state index is -0.00902. The molecule has 0 aliphatic rings. The van der Waals surface area contributed by atoms with Crippen molar-refractivity contribution in [2.45, 2.75) is 13.0 Å². The van der Waals surface area contributed by atoms with Crippen molar-refractivity contribution in [3.63, 3.8) is 0 Å². The van der Waals surface area contributed by atoms with Gasteiger partial charge in [0.25, 0.3) is 0 Å². The first-order valence-corrected chi connectivity index (χ1v) is 7.23. The third kappa shape index (κ3) is 4.07. The first-order chi connectivity index (χ1) is 9.66. The lowest BCUT2D eigenvalue weighted by Gasteiger charge is -2.11. The van der Waals surface area contributed by atoms with Gasteiger partial charge < -0.3 is 5.32 Å². The predicted molar refractivity (Wildman–Crippen MR) is 85.6 cm³/mol. The third-order valence-corrected chi connectivity index (χ3v) is 3.54. The summed E-state index contributed by atoms with van der Waals surface area (Å²) in [6.45, 7) is 2.06. The van der Waals surface area contributed by atoms with Gasteiger partial charge in [0.2, 0.25) is 0 Å². The highest BCUT2D eigenvalue weighted by molar-refractivity contribution is 9.10. The first-order valence-electron chi connectivity index (χ1n) is 6.44. The van der Waals surface area contributed by atoms with E-state index in [4.69, 9.17) is 0 Å². The fourth-order valence-corrected chi connectivity index (χ4v) is 2.08. The standard InChI is InChI=1S/C17H16BrNO/c1-13(14-5-3-2-4-6-14)19-12-11-17(20)15-7-9-16(18)10-8-15/h2-13,19H,1H3/b12-11+/t13-/m1/s1. The maximum Gasteiger partial charge on any atom is 0.187 e. The number of hydrogen-bond donors (Lipinski definition) is 1. The molecule has 1 N–H and O–H groups in total. The first kappa shape index (κ1) is 14.5. The van der Waals surface area contributed by atoms with E-state index in [9.17, 15) is 4.79 Å². The second-order valence-corrected chi connectivity index (χ2v) is 5.42. The van der Waals surface area contributed by atoms with Gasteiger partial charge >= 0.3 is 0 Å². The van der Waals surface area contributed by atoms with Gasteiger partial charge in [-0.1, -0.05) is 46.3 Å². The number of halogens is 1. The van der Waals surface area contributed by atoms with Gasteiger partial charge in [-0.05, 0) is 36.8 Å². The summed E-state index contributed by atoms with van der Waals surface area (Å²) >= 11 is 3.35. The van der Waals surface area contributed by atoms with Gasteiger partial charge in [-0.3, -0.25) is 4.79 Å². The summed E-state index contributed by atoms with van der Waals surface area (Å²) in [5, 5.41) is 3.20. The Kier molecular flexibility index (Phi) is 5.13. The van der Waals surface area contributed by atoms with E-state index in [0.29, 0.717) is 5.56 Å². The van der Waals surface area contributed by atoms with Crippen molar-refractivity contribution in [2.24, 2.45) is 0 Å². The van der Waals surface area contributed by atoms with E-state index in [1.54, 1.807) is 24.4 Å². The molecule has 0 aliphatic heterocycles. The number of carbonyl (C=O) groups excluding carboxylic acids is 1. The van der Waals surface area contributed by atoms with Crippen molar-refractivity contribution in [3.05, 3.63) is 82.5 Å². The van der Waals surface area contributed by atoms with E-state index >= 15 is 0 Å². The van der Waals surface area contributed by atoms with Crippen molar-refractivity contribution < 1.29 is 4.79 Å². The highest BCUT2D eigenvalue weighted by atomic mass is 79.9. The number of hydrogen-bond acceptors (Lipinski definition) is 2. The summed E-state index contributed by atoms with van der Waals surface area (Å²) in [5.74, 6) is -0.00902. The van der Waals surface area contributed by atoms with Gasteiger partial charge in [-0.15, -0.1) is 0 Å². The van der Waals surface area contributed by atoms with E-state index in [0.717, 1.165) is 4.47 Å². The van der Waals surface area contributed by atoms with Crippen LogP contribution < -0.4 is 5.32 Å². The Morgan fingerprint density at radius 2 is 1.75 bits per heavy atom. The lowest BCUT2D eigenvalue weighted by atomic mass is 10.1. The summed E-state index contributed by atoms with van der Waals surface area (Å²) < 4.78 is 0.967. The molecule has 0 radical (unpaired) electrons. The molecule has 1 atom stereocenters. The molecule has 0 amide bonds. The molecule has 3 heteroatoms. The van der Waals surface area contributed by atoms with Crippen LogP contribution in [0.5, 0.6) is 0 Å². The van der Waals surface area contributed by atoms with Crippen molar-refractivity contribution >= 4 is 21.7 Å². The lowest BCUT2D eigenvalue weighted by molar-refractivity contribution is 0.104. The smallest absolute Gasteiger partial charge is 0.187 e. The molecule has 0 aliphatic carbocycles. The van der Waals surface area contributed by atoms with E-state index < -0.39 is 0 Å². The zero-order valence-electron chi connectivity index (χ0n) is 11.2. The van der Waals surface area contributed by atoms with Crippen molar-refractivity contribution in [3.8, 4) is 0 Å². The van der Waals surface area contributed by atoms with Gasteiger partial charge in [0.15, 0.2) is 5.78 Å². The van der Waals surface area contributed by atoms with Crippen molar-refractivity contribution in [1.29, 1.82) is 0 Å². The van der Waals surface area contributed by atoms with E-state index in [1.807, 2.05) is 30.3 Å². The summed E-state index contributed by atoms with van der Waals surface area (Å²) in [6.07, 6.45) is 3.27. The minimum Gasteiger partial charge on any atom is -0.384 e. The molecule has 2 rings (SSSR count). The largest absolute Gasteiger partial charge is 0.384 e. The Hall–Kier alpha value is -1.87. The third-order valence-electron chi connectivity index (χ3n) is 3.01. The molecule has 0 aromatic heterocycles. The van der Waals surface area contributed by atoms with Gasteiger partial charge in [0.1, 0.15) is 0 Å². The molecule has 0 unspecified atom stereocenters. The van der Waals surface area contributed by atoms with Crippen LogP contribution in [0.3, 0.4) is 0 Å². The fourth-order valence-electron chi connectivity index (χ4n) is 1.82. The van der Waals surface area contributed by atoms with Gasteiger partial charge in [0.05, 0.1) is 0 Å². The highest BCUT2D eigenvalue weighted by Gasteiger charge is 2.03. The van der Waals surface area contributed by atoms with Gasteiger partial charge in [0, 0.05) is 28.4 Å². The number of carbonyl (C=O) groups is 1. The SMILES string of the molecule is C[C@@H](N/C=C/C(=O)c1ccc(Br)cc1)c1ccccc1. The topological polar surface area (TPSA) is 29.1 Å². The zero-order chi connectivity index (χ0) is 14.4. The number of rotatable bonds is 5. The molecule has 20 heavy (non-hydrogen) atoms. The average molecular weight is 330 g/mol. The summed E-state index contributed by atoms with van der Waals surface area (Å²) in [6, 6.07) is 17.6. The minimum absolute atomic E-state index is 0.00902. The molecule has 0 saturated heterocycles. The van der Waals surface area contributed by atoms with Crippen molar-refractivity contribution in [2.75, 3.05) is 0 Å². The van der Waals surface area contributed by atoms with Crippen molar-refractivity contribution in [1.82, 2.24) is 5.32 Å². The summed E-state index contributed by atoms with van der Waals surface area (Å²) in [5.41, 5.74) is 1.87. The number of benzene rings is 2. The van der Waals surface area contributed by atoms with Crippen LogP contribution in [0.4, 0.5) is 0 Å². The molecule has 0 fully saturated rings. The molecule has 0 spiro atoms. The second kappa shape index (κ2) is 7.06. The van der Waals surface area contributed by atoms with E-state index in [-0.39, 0.29) is 11.8 Å². The lowest BCUT2D eigenvalue weighted by Crippen LogP contribution is -2.12. The Morgan fingerprint density at radius 1 is 1.10 bits per heavy atom. The maximum atomic E-state index is 11.9. The zero-order valence-corrected chi connectivity index (χ0v) is 12.8. The maximum absolute atomic E-state index is 11.9. The molecular weight excluding hydrogens is 314 g/mol. The number of ketones is 1. The Morgan fingerprint density at radius 3 is 2.40 bits per heavy atom. The van der Waals surface area contributed by atoms with Gasteiger partial charge in [-0.25, -0.2) is 0 Å². The second-order valence-electron chi connectivity index (χ2n) is 4.50. The Bertz CT molecular complexity index is 590. The molecule has 0 heterocycles. The summed E-state index contributed by atoms with van der Waals surface area (Å²) in [4.78, 5) is 11.9. The summed E-state index contributed by atoms with van der Waals surface area (Å²) in [7, 11) is 0. The highest BCUT2D eigenvalue weighted by Crippen LogP contribution is 2.12. The van der Waals surface area contributed by atoms with Crippen LogP contribution in [-0.4, -0.2) is 5.78 Å². The molecule has 2 aromatic carbocycles.